The minimum absolute atomic E-state index is 0.139. The molecular weight excluding hydrogens is 262 g/mol. The standard InChI is InChI=1S/C14H13NO5/c1-2-5-20-14(19)10(8-15)6-9-3-4-11(16)7-12(9)13(17)18/h3-4,6-7,16H,2,5H2,1H3,(H,17,18)/b10-6+. The van der Waals surface area contributed by atoms with Gasteiger partial charge in [0.25, 0.3) is 0 Å². The molecule has 1 rings (SSSR count). The molecule has 0 unspecified atom stereocenters. The first kappa shape index (κ1) is 15.2. The lowest BCUT2D eigenvalue weighted by Gasteiger charge is -2.04. The second-order valence-corrected chi connectivity index (χ2v) is 3.88. The second-order valence-electron chi connectivity index (χ2n) is 3.88. The Morgan fingerprint density at radius 2 is 2.15 bits per heavy atom. The van der Waals surface area contributed by atoms with E-state index in [-0.39, 0.29) is 29.1 Å². The van der Waals surface area contributed by atoms with E-state index >= 15 is 0 Å². The van der Waals surface area contributed by atoms with Crippen LogP contribution in [0.5, 0.6) is 5.75 Å². The number of aromatic carboxylic acids is 1. The van der Waals surface area contributed by atoms with Gasteiger partial charge in [-0.25, -0.2) is 9.59 Å². The number of esters is 1. The molecule has 0 heterocycles. The number of benzene rings is 1. The number of carbonyl (C=O) groups is 2. The lowest BCUT2D eigenvalue weighted by atomic mass is 10.0. The number of ether oxygens (including phenoxy) is 1. The normalized spacial score (nSPS) is 10.7. The van der Waals surface area contributed by atoms with Crippen molar-refractivity contribution in [3.63, 3.8) is 0 Å². The lowest BCUT2D eigenvalue weighted by molar-refractivity contribution is -0.138. The Bertz CT molecular complexity index is 598. The highest BCUT2D eigenvalue weighted by Crippen LogP contribution is 2.19. The first-order chi connectivity index (χ1) is 9.49. The molecule has 0 saturated heterocycles. The third-order valence-corrected chi connectivity index (χ3v) is 2.34. The van der Waals surface area contributed by atoms with E-state index < -0.39 is 11.9 Å². The molecule has 0 radical (unpaired) electrons. The molecule has 0 aromatic heterocycles. The zero-order chi connectivity index (χ0) is 15.1. The maximum atomic E-state index is 11.6. The summed E-state index contributed by atoms with van der Waals surface area (Å²) in [5, 5.41) is 27.2. The first-order valence-corrected chi connectivity index (χ1v) is 5.84. The maximum absolute atomic E-state index is 11.6. The van der Waals surface area contributed by atoms with E-state index in [1.807, 2.05) is 6.92 Å². The Kier molecular flexibility index (Phi) is 5.30. The highest BCUT2D eigenvalue weighted by Gasteiger charge is 2.14. The molecule has 6 heteroatoms. The number of hydrogen-bond acceptors (Lipinski definition) is 5. The van der Waals surface area contributed by atoms with E-state index in [1.54, 1.807) is 6.07 Å². The topological polar surface area (TPSA) is 108 Å². The molecule has 0 fully saturated rings. The largest absolute Gasteiger partial charge is 0.508 e. The van der Waals surface area contributed by atoms with Gasteiger partial charge >= 0.3 is 11.9 Å². The Hall–Kier alpha value is -2.81. The summed E-state index contributed by atoms with van der Waals surface area (Å²) < 4.78 is 4.81. The van der Waals surface area contributed by atoms with Crippen molar-refractivity contribution in [1.82, 2.24) is 0 Å². The Morgan fingerprint density at radius 1 is 1.45 bits per heavy atom. The molecule has 20 heavy (non-hydrogen) atoms. The third-order valence-electron chi connectivity index (χ3n) is 2.34. The Morgan fingerprint density at radius 3 is 2.70 bits per heavy atom. The molecule has 0 aliphatic carbocycles. The van der Waals surface area contributed by atoms with Crippen LogP contribution in [0.3, 0.4) is 0 Å². The van der Waals surface area contributed by atoms with Gasteiger partial charge in [-0.1, -0.05) is 13.0 Å². The van der Waals surface area contributed by atoms with Crippen LogP contribution in [0.15, 0.2) is 23.8 Å². The average Bonchev–Trinajstić information content (AvgIpc) is 2.43. The molecule has 1 aromatic rings. The molecule has 0 atom stereocenters. The third kappa shape index (κ3) is 3.85. The fourth-order valence-electron chi connectivity index (χ4n) is 1.42. The maximum Gasteiger partial charge on any atom is 0.348 e. The van der Waals surface area contributed by atoms with E-state index in [0.29, 0.717) is 6.42 Å². The summed E-state index contributed by atoms with van der Waals surface area (Å²) in [5.41, 5.74) is -0.368. The van der Waals surface area contributed by atoms with E-state index in [1.165, 1.54) is 12.1 Å². The molecule has 0 amide bonds. The molecule has 0 saturated carbocycles. The zero-order valence-electron chi connectivity index (χ0n) is 10.8. The predicted molar refractivity (Wildman–Crippen MR) is 69.9 cm³/mol. The number of hydrogen-bond donors (Lipinski definition) is 2. The SMILES string of the molecule is CCCOC(=O)/C(C#N)=C/c1ccc(O)cc1C(=O)O. The van der Waals surface area contributed by atoms with Crippen molar-refractivity contribution in [3.8, 4) is 11.8 Å². The van der Waals surface area contributed by atoms with Crippen LogP contribution in [0, 0.1) is 11.3 Å². The highest BCUT2D eigenvalue weighted by atomic mass is 16.5. The van der Waals surface area contributed by atoms with Crippen molar-refractivity contribution in [2.75, 3.05) is 6.61 Å². The predicted octanol–water partition coefficient (Wildman–Crippen LogP) is 1.95. The highest BCUT2D eigenvalue weighted by molar-refractivity contribution is 6.00. The van der Waals surface area contributed by atoms with E-state index in [9.17, 15) is 14.7 Å². The fraction of sp³-hybridized carbons (Fsp3) is 0.214. The average molecular weight is 275 g/mol. The van der Waals surface area contributed by atoms with Crippen LogP contribution >= 0.6 is 0 Å². The number of nitrogens with zero attached hydrogens (tertiary/aromatic N) is 1. The summed E-state index contributed by atoms with van der Waals surface area (Å²) in [7, 11) is 0. The smallest absolute Gasteiger partial charge is 0.348 e. The van der Waals surface area contributed by atoms with Crippen molar-refractivity contribution in [2.45, 2.75) is 13.3 Å². The molecule has 0 bridgehead atoms. The van der Waals surface area contributed by atoms with Gasteiger partial charge in [0.2, 0.25) is 0 Å². The van der Waals surface area contributed by atoms with Crippen LogP contribution in [0.2, 0.25) is 0 Å². The van der Waals surface area contributed by atoms with Gasteiger partial charge < -0.3 is 14.9 Å². The molecule has 104 valence electrons. The number of aromatic hydroxyl groups is 1. The molecular formula is C14H13NO5. The van der Waals surface area contributed by atoms with E-state index in [2.05, 4.69) is 0 Å². The zero-order valence-corrected chi connectivity index (χ0v) is 10.8. The minimum atomic E-state index is -1.27. The van der Waals surface area contributed by atoms with E-state index in [4.69, 9.17) is 15.1 Å². The summed E-state index contributed by atoms with van der Waals surface area (Å²) in [6, 6.07) is 5.29. The van der Waals surface area contributed by atoms with E-state index in [0.717, 1.165) is 12.1 Å². The van der Waals surface area contributed by atoms with Crippen molar-refractivity contribution in [2.24, 2.45) is 0 Å². The quantitative estimate of drug-likeness (QED) is 0.483. The molecule has 6 nitrogen and oxygen atoms in total. The Balaban J connectivity index is 3.17. The van der Waals surface area contributed by atoms with Crippen LogP contribution in [-0.2, 0) is 9.53 Å². The van der Waals surface area contributed by atoms with Crippen molar-refractivity contribution in [1.29, 1.82) is 5.26 Å². The number of rotatable bonds is 5. The summed E-state index contributed by atoms with van der Waals surface area (Å²) in [5.74, 6) is -2.29. The van der Waals surface area contributed by atoms with Gasteiger partial charge in [0, 0.05) is 0 Å². The molecule has 0 aliphatic heterocycles. The lowest BCUT2D eigenvalue weighted by Crippen LogP contribution is -2.08. The summed E-state index contributed by atoms with van der Waals surface area (Å²) in [4.78, 5) is 22.6. The van der Waals surface area contributed by atoms with Crippen LogP contribution in [-0.4, -0.2) is 28.8 Å². The van der Waals surface area contributed by atoms with Crippen molar-refractivity contribution >= 4 is 18.0 Å². The van der Waals surface area contributed by atoms with Crippen molar-refractivity contribution < 1.29 is 24.5 Å². The summed E-state index contributed by atoms with van der Waals surface area (Å²) in [6.45, 7) is 1.99. The number of carboxylic acids is 1. The van der Waals surface area contributed by atoms with Gasteiger partial charge in [-0.15, -0.1) is 0 Å². The van der Waals surface area contributed by atoms with Crippen LogP contribution in [0.1, 0.15) is 29.3 Å². The van der Waals surface area contributed by atoms with Crippen LogP contribution in [0.4, 0.5) is 0 Å². The number of phenolic OH excluding ortho intramolecular Hbond substituents is 1. The molecule has 2 N–H and O–H groups in total. The number of carbonyl (C=O) groups excluding carboxylic acids is 1. The monoisotopic (exact) mass is 275 g/mol. The second kappa shape index (κ2) is 6.95. The molecule has 0 spiro atoms. The summed E-state index contributed by atoms with van der Waals surface area (Å²) in [6.07, 6.45) is 1.74. The molecule has 0 aliphatic rings. The van der Waals surface area contributed by atoms with Gasteiger partial charge in [0.1, 0.15) is 17.4 Å². The Labute approximate surface area is 115 Å². The van der Waals surface area contributed by atoms with Crippen LogP contribution in [0.25, 0.3) is 6.08 Å². The van der Waals surface area contributed by atoms with Gasteiger partial charge in [-0.2, -0.15) is 5.26 Å². The van der Waals surface area contributed by atoms with Gasteiger partial charge in [0.05, 0.1) is 12.2 Å². The number of nitriles is 1. The molecule has 1 aromatic carbocycles. The fourth-order valence-corrected chi connectivity index (χ4v) is 1.42. The van der Waals surface area contributed by atoms with Crippen molar-refractivity contribution in [3.05, 3.63) is 34.9 Å². The minimum Gasteiger partial charge on any atom is -0.508 e. The first-order valence-electron chi connectivity index (χ1n) is 5.84. The van der Waals surface area contributed by atoms with Gasteiger partial charge in [-0.3, -0.25) is 0 Å². The van der Waals surface area contributed by atoms with Gasteiger partial charge in [0.15, 0.2) is 0 Å². The number of carboxylic acid groups (broad SMARTS) is 1. The number of phenols is 1. The van der Waals surface area contributed by atoms with Crippen LogP contribution < -0.4 is 0 Å². The summed E-state index contributed by atoms with van der Waals surface area (Å²) >= 11 is 0. The van der Waals surface area contributed by atoms with Gasteiger partial charge in [-0.05, 0) is 30.2 Å².